The van der Waals surface area contributed by atoms with Gasteiger partial charge in [0.1, 0.15) is 12.3 Å². The summed E-state index contributed by atoms with van der Waals surface area (Å²) in [5.41, 5.74) is 2.99. The standard InChI is InChI=1S/C27H28F2N6OS/c1-16(2)35-9-10-36-26-20(28)11-17(12-22(26)35)25-21(29)14-31-27(33-25)32-18-3-4-24-19(13-18)23(15-37-24)34-7-5-30-6-8-34/h3-4,11-16,30H,5-10H2,1-2H3,(H,31,32,33). The van der Waals surface area contributed by atoms with Gasteiger partial charge >= 0.3 is 0 Å². The third-order valence-corrected chi connectivity index (χ3v) is 7.77. The molecule has 2 aliphatic rings. The average Bonchev–Trinajstić information content (AvgIpc) is 3.33. The number of piperazine rings is 1. The SMILES string of the molecule is CC(C)N1CCOc2c(F)cc(-c3nc(Nc4ccc5scc(N6CCNCC6)c5c4)ncc3F)cc21. The van der Waals surface area contributed by atoms with E-state index in [2.05, 4.69) is 47.9 Å². The van der Waals surface area contributed by atoms with Crippen molar-refractivity contribution in [1.82, 2.24) is 15.3 Å². The van der Waals surface area contributed by atoms with Gasteiger partial charge in [0.2, 0.25) is 5.95 Å². The van der Waals surface area contributed by atoms with Crippen LogP contribution in [0, 0.1) is 11.6 Å². The zero-order valence-corrected chi connectivity index (χ0v) is 21.5. The first kappa shape index (κ1) is 23.9. The van der Waals surface area contributed by atoms with Crippen molar-refractivity contribution < 1.29 is 13.5 Å². The highest BCUT2D eigenvalue weighted by molar-refractivity contribution is 7.17. The number of hydrogen-bond acceptors (Lipinski definition) is 8. The molecule has 2 N–H and O–H groups in total. The summed E-state index contributed by atoms with van der Waals surface area (Å²) < 4.78 is 36.7. The molecular weight excluding hydrogens is 494 g/mol. The topological polar surface area (TPSA) is 65.6 Å². The molecule has 2 aliphatic heterocycles. The third kappa shape index (κ3) is 4.55. The average molecular weight is 523 g/mol. The van der Waals surface area contributed by atoms with E-state index in [9.17, 15) is 4.39 Å². The number of anilines is 4. The summed E-state index contributed by atoms with van der Waals surface area (Å²) in [5, 5.41) is 9.96. The van der Waals surface area contributed by atoms with Gasteiger partial charge in [-0.2, -0.15) is 0 Å². The number of nitrogens with one attached hydrogen (secondary N) is 2. The first-order chi connectivity index (χ1) is 18.0. The van der Waals surface area contributed by atoms with Crippen molar-refractivity contribution >= 4 is 44.4 Å². The normalized spacial score (nSPS) is 15.7. The van der Waals surface area contributed by atoms with Gasteiger partial charge in [-0.3, -0.25) is 0 Å². The summed E-state index contributed by atoms with van der Waals surface area (Å²) in [4.78, 5) is 13.0. The molecule has 37 heavy (non-hydrogen) atoms. The Morgan fingerprint density at radius 1 is 1.05 bits per heavy atom. The maximum Gasteiger partial charge on any atom is 0.227 e. The minimum absolute atomic E-state index is 0.0339. The van der Waals surface area contributed by atoms with Gasteiger partial charge in [-0.05, 0) is 44.2 Å². The number of benzene rings is 2. The summed E-state index contributed by atoms with van der Waals surface area (Å²) >= 11 is 1.72. The van der Waals surface area contributed by atoms with E-state index in [1.54, 1.807) is 17.4 Å². The number of ether oxygens (including phenoxy) is 1. The van der Waals surface area contributed by atoms with E-state index in [0.717, 1.165) is 43.4 Å². The summed E-state index contributed by atoms with van der Waals surface area (Å²) in [5.74, 6) is -0.716. The molecule has 2 aromatic heterocycles. The van der Waals surface area contributed by atoms with Crippen LogP contribution in [0.1, 0.15) is 13.8 Å². The summed E-state index contributed by atoms with van der Waals surface area (Å²) in [6.45, 7) is 8.96. The second-order valence-corrected chi connectivity index (χ2v) is 10.4. The molecule has 0 spiro atoms. The van der Waals surface area contributed by atoms with E-state index in [1.807, 2.05) is 19.9 Å². The van der Waals surface area contributed by atoms with Crippen LogP contribution >= 0.6 is 11.3 Å². The Morgan fingerprint density at radius 3 is 2.70 bits per heavy atom. The van der Waals surface area contributed by atoms with Gasteiger partial charge in [0.15, 0.2) is 17.4 Å². The third-order valence-electron chi connectivity index (χ3n) is 6.82. The molecule has 0 bridgehead atoms. The highest BCUT2D eigenvalue weighted by atomic mass is 32.1. The van der Waals surface area contributed by atoms with Crippen LogP contribution in [-0.2, 0) is 0 Å². The summed E-state index contributed by atoms with van der Waals surface area (Å²) in [6.07, 6.45) is 1.12. The number of aromatic nitrogens is 2. The maximum atomic E-state index is 15.0. The smallest absolute Gasteiger partial charge is 0.227 e. The molecule has 0 aliphatic carbocycles. The first-order valence-corrected chi connectivity index (χ1v) is 13.4. The van der Waals surface area contributed by atoms with Gasteiger partial charge in [0.25, 0.3) is 0 Å². The van der Waals surface area contributed by atoms with Crippen LogP contribution < -0.4 is 25.2 Å². The number of rotatable bonds is 5. The summed E-state index contributed by atoms with van der Waals surface area (Å²) in [6, 6.07) is 9.26. The zero-order chi connectivity index (χ0) is 25.5. The zero-order valence-electron chi connectivity index (χ0n) is 20.7. The quantitative estimate of drug-likeness (QED) is 0.364. The molecule has 4 heterocycles. The Kier molecular flexibility index (Phi) is 6.29. The predicted octanol–water partition coefficient (Wildman–Crippen LogP) is 5.40. The monoisotopic (exact) mass is 522 g/mol. The predicted molar refractivity (Wildman–Crippen MR) is 146 cm³/mol. The van der Waals surface area contributed by atoms with Crippen molar-refractivity contribution in [2.75, 3.05) is 54.4 Å². The molecule has 4 aromatic rings. The second-order valence-electron chi connectivity index (χ2n) is 9.53. The molecule has 0 amide bonds. The molecule has 0 saturated carbocycles. The maximum absolute atomic E-state index is 15.0. The van der Waals surface area contributed by atoms with Crippen molar-refractivity contribution in [3.63, 3.8) is 0 Å². The summed E-state index contributed by atoms with van der Waals surface area (Å²) in [7, 11) is 0. The number of hydrogen-bond donors (Lipinski definition) is 2. The fraction of sp³-hybridized carbons (Fsp3) is 0.333. The highest BCUT2D eigenvalue weighted by Gasteiger charge is 2.26. The van der Waals surface area contributed by atoms with Gasteiger partial charge in [-0.25, -0.2) is 18.7 Å². The highest BCUT2D eigenvalue weighted by Crippen LogP contribution is 2.40. The van der Waals surface area contributed by atoms with Gasteiger partial charge in [0.05, 0.1) is 24.1 Å². The van der Waals surface area contributed by atoms with E-state index in [1.165, 1.54) is 16.5 Å². The molecule has 6 rings (SSSR count). The molecular formula is C27H28F2N6OS. The van der Waals surface area contributed by atoms with Gasteiger partial charge in [0, 0.05) is 58.9 Å². The number of fused-ring (bicyclic) bond motifs is 2. The van der Waals surface area contributed by atoms with Crippen molar-refractivity contribution in [1.29, 1.82) is 0 Å². The van der Waals surface area contributed by atoms with Crippen molar-refractivity contribution in [2.45, 2.75) is 19.9 Å². The lowest BCUT2D eigenvalue weighted by molar-refractivity contribution is 0.287. The van der Waals surface area contributed by atoms with E-state index in [4.69, 9.17) is 4.74 Å². The van der Waals surface area contributed by atoms with Crippen LogP contribution in [0.4, 0.5) is 31.8 Å². The Balaban J connectivity index is 1.33. The largest absolute Gasteiger partial charge is 0.486 e. The molecule has 0 atom stereocenters. The van der Waals surface area contributed by atoms with E-state index >= 15 is 4.39 Å². The van der Waals surface area contributed by atoms with Gasteiger partial charge in [-0.1, -0.05) is 0 Å². The Morgan fingerprint density at radius 2 is 1.89 bits per heavy atom. The van der Waals surface area contributed by atoms with Crippen molar-refractivity contribution in [3.8, 4) is 17.0 Å². The fourth-order valence-electron chi connectivity index (χ4n) is 4.98. The molecule has 0 unspecified atom stereocenters. The molecule has 192 valence electrons. The molecule has 10 heteroatoms. The Hall–Kier alpha value is -3.50. The molecule has 0 radical (unpaired) electrons. The Labute approximate surface area is 218 Å². The second kappa shape index (κ2) is 9.75. The van der Waals surface area contributed by atoms with Crippen LogP contribution in [0.2, 0.25) is 0 Å². The first-order valence-electron chi connectivity index (χ1n) is 12.5. The minimum Gasteiger partial charge on any atom is -0.486 e. The lowest BCUT2D eigenvalue weighted by atomic mass is 10.1. The molecule has 1 saturated heterocycles. The lowest BCUT2D eigenvalue weighted by Gasteiger charge is -2.34. The van der Waals surface area contributed by atoms with Crippen LogP contribution in [-0.4, -0.2) is 55.3 Å². The van der Waals surface area contributed by atoms with Gasteiger partial charge < -0.3 is 25.2 Å². The van der Waals surface area contributed by atoms with E-state index in [-0.39, 0.29) is 23.4 Å². The molecule has 7 nitrogen and oxygen atoms in total. The Bertz CT molecular complexity index is 1450. The fourth-order valence-corrected chi connectivity index (χ4v) is 5.93. The van der Waals surface area contributed by atoms with Crippen LogP contribution in [0.3, 0.4) is 0 Å². The minimum atomic E-state index is -0.619. The van der Waals surface area contributed by atoms with Crippen LogP contribution in [0.15, 0.2) is 41.9 Å². The molecule has 1 fully saturated rings. The van der Waals surface area contributed by atoms with E-state index in [0.29, 0.717) is 24.4 Å². The van der Waals surface area contributed by atoms with Crippen molar-refractivity contribution in [3.05, 3.63) is 53.5 Å². The van der Waals surface area contributed by atoms with Crippen molar-refractivity contribution in [2.24, 2.45) is 0 Å². The van der Waals surface area contributed by atoms with E-state index < -0.39 is 11.6 Å². The van der Waals surface area contributed by atoms with Gasteiger partial charge in [-0.15, -0.1) is 11.3 Å². The number of halogens is 2. The van der Waals surface area contributed by atoms with Crippen LogP contribution in [0.25, 0.3) is 21.3 Å². The lowest BCUT2D eigenvalue weighted by Crippen LogP contribution is -2.43. The molecule has 2 aromatic carbocycles. The van der Waals surface area contributed by atoms with Crippen LogP contribution in [0.5, 0.6) is 5.75 Å². The number of thiophene rings is 1. The number of nitrogens with zero attached hydrogens (tertiary/aromatic N) is 4.